The van der Waals surface area contributed by atoms with Crippen molar-refractivity contribution in [3.8, 4) is 0 Å². The molecular weight excluding hydrogens is 242 g/mol. The largest absolute Gasteiger partial charge is 0.462 e. The van der Waals surface area contributed by atoms with Crippen molar-refractivity contribution in [2.75, 3.05) is 12.3 Å². The van der Waals surface area contributed by atoms with E-state index in [1.54, 1.807) is 0 Å². The summed E-state index contributed by atoms with van der Waals surface area (Å²) in [7, 11) is 0. The monoisotopic (exact) mass is 251 g/mol. The van der Waals surface area contributed by atoms with Crippen LogP contribution in [0.5, 0.6) is 0 Å². The molecule has 1 rings (SSSR count). The van der Waals surface area contributed by atoms with Gasteiger partial charge in [-0.3, -0.25) is 0 Å². The molecule has 0 spiro atoms. The predicted octanol–water partition coefficient (Wildman–Crippen LogP) is 2.60. The van der Waals surface area contributed by atoms with Crippen LogP contribution >= 0.6 is 0 Å². The molecule has 0 aliphatic rings. The lowest BCUT2D eigenvalue weighted by Crippen LogP contribution is -2.18. The van der Waals surface area contributed by atoms with Crippen molar-refractivity contribution < 1.29 is 27.1 Å². The summed E-state index contributed by atoms with van der Waals surface area (Å²) in [5.41, 5.74) is 1.78. The first-order valence-corrected chi connectivity index (χ1v) is 4.61. The van der Waals surface area contributed by atoms with Gasteiger partial charge in [-0.2, -0.15) is 13.2 Å². The average molecular weight is 251 g/mol. The molecule has 0 unspecified atom stereocenters. The van der Waals surface area contributed by atoms with E-state index in [4.69, 9.17) is 5.73 Å². The molecular formula is C10H9F4NO2. The standard InChI is InChI=1S/C10H9F4NO2/c1-2-17-9(16)5-3-4-6(15)8(11)7(5)10(12,13)14/h3-4H,2,15H2,1H3. The van der Waals surface area contributed by atoms with E-state index in [1.165, 1.54) is 6.92 Å². The summed E-state index contributed by atoms with van der Waals surface area (Å²) in [6.45, 7) is 1.32. The molecule has 7 heteroatoms. The van der Waals surface area contributed by atoms with Gasteiger partial charge in [-0.15, -0.1) is 0 Å². The second kappa shape index (κ2) is 4.60. The van der Waals surface area contributed by atoms with Crippen LogP contribution in [0.25, 0.3) is 0 Å². The van der Waals surface area contributed by atoms with Crippen molar-refractivity contribution in [2.24, 2.45) is 0 Å². The average Bonchev–Trinajstić information content (AvgIpc) is 2.20. The van der Waals surface area contributed by atoms with Crippen molar-refractivity contribution in [1.82, 2.24) is 0 Å². The molecule has 0 fully saturated rings. The van der Waals surface area contributed by atoms with Crippen LogP contribution in [-0.2, 0) is 10.9 Å². The Kier molecular flexibility index (Phi) is 3.59. The van der Waals surface area contributed by atoms with Gasteiger partial charge in [0.05, 0.1) is 17.9 Å². The third-order valence-corrected chi connectivity index (χ3v) is 1.95. The van der Waals surface area contributed by atoms with E-state index in [2.05, 4.69) is 4.74 Å². The molecule has 0 saturated heterocycles. The zero-order valence-corrected chi connectivity index (χ0v) is 8.77. The van der Waals surface area contributed by atoms with Gasteiger partial charge in [-0.1, -0.05) is 0 Å². The lowest BCUT2D eigenvalue weighted by molar-refractivity contribution is -0.140. The third-order valence-electron chi connectivity index (χ3n) is 1.95. The molecule has 17 heavy (non-hydrogen) atoms. The Morgan fingerprint density at radius 2 is 2.00 bits per heavy atom. The summed E-state index contributed by atoms with van der Waals surface area (Å²) in [5.74, 6) is -2.90. The number of hydrogen-bond acceptors (Lipinski definition) is 3. The fourth-order valence-electron chi connectivity index (χ4n) is 1.25. The minimum Gasteiger partial charge on any atom is -0.462 e. The number of carbonyl (C=O) groups excluding carboxylic acids is 1. The Morgan fingerprint density at radius 3 is 2.47 bits per heavy atom. The van der Waals surface area contributed by atoms with E-state index in [0.717, 1.165) is 12.1 Å². The zero-order chi connectivity index (χ0) is 13.2. The minimum atomic E-state index is -5.01. The van der Waals surface area contributed by atoms with Gasteiger partial charge in [0.2, 0.25) is 0 Å². The summed E-state index contributed by atoms with van der Waals surface area (Å²) in [6, 6.07) is 1.68. The van der Waals surface area contributed by atoms with Gasteiger partial charge in [-0.25, -0.2) is 9.18 Å². The van der Waals surface area contributed by atoms with Crippen LogP contribution < -0.4 is 5.73 Å². The highest BCUT2D eigenvalue weighted by Crippen LogP contribution is 2.36. The van der Waals surface area contributed by atoms with Crippen molar-refractivity contribution in [2.45, 2.75) is 13.1 Å². The van der Waals surface area contributed by atoms with Crippen molar-refractivity contribution in [3.63, 3.8) is 0 Å². The van der Waals surface area contributed by atoms with Crippen LogP contribution in [0.3, 0.4) is 0 Å². The molecule has 0 aliphatic heterocycles. The number of ether oxygens (including phenoxy) is 1. The van der Waals surface area contributed by atoms with Gasteiger partial charge < -0.3 is 10.5 Å². The summed E-state index contributed by atoms with van der Waals surface area (Å²) in [6.07, 6.45) is -5.01. The fourth-order valence-corrected chi connectivity index (χ4v) is 1.25. The molecule has 0 amide bonds. The molecule has 0 heterocycles. The van der Waals surface area contributed by atoms with E-state index in [0.29, 0.717) is 0 Å². The fraction of sp³-hybridized carbons (Fsp3) is 0.300. The highest BCUT2D eigenvalue weighted by atomic mass is 19.4. The number of benzene rings is 1. The Balaban J connectivity index is 3.41. The summed E-state index contributed by atoms with van der Waals surface area (Å²) >= 11 is 0. The molecule has 1 aromatic carbocycles. The summed E-state index contributed by atoms with van der Waals surface area (Å²) in [5, 5.41) is 0. The molecule has 3 nitrogen and oxygen atoms in total. The van der Waals surface area contributed by atoms with E-state index >= 15 is 0 Å². The SMILES string of the molecule is CCOC(=O)c1ccc(N)c(F)c1C(F)(F)F. The molecule has 0 bridgehead atoms. The lowest BCUT2D eigenvalue weighted by atomic mass is 10.1. The molecule has 0 aromatic heterocycles. The molecule has 0 aliphatic carbocycles. The first-order valence-electron chi connectivity index (χ1n) is 4.61. The Bertz CT molecular complexity index is 443. The van der Waals surface area contributed by atoms with Gasteiger partial charge in [0.15, 0.2) is 5.82 Å². The van der Waals surface area contributed by atoms with E-state index in [9.17, 15) is 22.4 Å². The van der Waals surface area contributed by atoms with Crippen LogP contribution in [0.4, 0.5) is 23.2 Å². The van der Waals surface area contributed by atoms with Crippen molar-refractivity contribution in [3.05, 3.63) is 29.1 Å². The van der Waals surface area contributed by atoms with Crippen molar-refractivity contribution in [1.29, 1.82) is 0 Å². The summed E-state index contributed by atoms with van der Waals surface area (Å²) < 4.78 is 55.5. The maximum Gasteiger partial charge on any atom is 0.420 e. The molecule has 0 saturated carbocycles. The van der Waals surface area contributed by atoms with Crippen LogP contribution in [0.2, 0.25) is 0 Å². The number of carbonyl (C=O) groups is 1. The first-order chi connectivity index (χ1) is 7.79. The van der Waals surface area contributed by atoms with Crippen LogP contribution in [0.15, 0.2) is 12.1 Å². The highest BCUT2D eigenvalue weighted by molar-refractivity contribution is 5.92. The zero-order valence-electron chi connectivity index (χ0n) is 8.77. The van der Waals surface area contributed by atoms with Gasteiger partial charge in [0.25, 0.3) is 0 Å². The van der Waals surface area contributed by atoms with Crippen LogP contribution in [-0.4, -0.2) is 12.6 Å². The van der Waals surface area contributed by atoms with Crippen molar-refractivity contribution >= 4 is 11.7 Å². The molecule has 2 N–H and O–H groups in total. The van der Waals surface area contributed by atoms with E-state index in [-0.39, 0.29) is 6.61 Å². The third kappa shape index (κ3) is 2.66. The van der Waals surface area contributed by atoms with E-state index < -0.39 is 34.8 Å². The van der Waals surface area contributed by atoms with Crippen LogP contribution in [0.1, 0.15) is 22.8 Å². The quantitative estimate of drug-likeness (QED) is 0.499. The number of anilines is 1. The molecule has 1 aromatic rings. The Hall–Kier alpha value is -1.79. The van der Waals surface area contributed by atoms with Gasteiger partial charge in [0, 0.05) is 0 Å². The maximum absolute atomic E-state index is 13.3. The number of halogens is 4. The highest BCUT2D eigenvalue weighted by Gasteiger charge is 2.39. The normalized spacial score (nSPS) is 11.4. The van der Waals surface area contributed by atoms with Gasteiger partial charge in [-0.05, 0) is 19.1 Å². The molecule has 0 radical (unpaired) electrons. The number of nitrogen functional groups attached to an aromatic ring is 1. The summed E-state index contributed by atoms with van der Waals surface area (Å²) in [4.78, 5) is 11.2. The number of hydrogen-bond donors (Lipinski definition) is 1. The molecule has 0 atom stereocenters. The first kappa shape index (κ1) is 13.3. The second-order valence-electron chi connectivity index (χ2n) is 3.11. The Morgan fingerprint density at radius 1 is 1.41 bits per heavy atom. The second-order valence-corrected chi connectivity index (χ2v) is 3.11. The van der Waals surface area contributed by atoms with Gasteiger partial charge in [0.1, 0.15) is 5.56 Å². The Labute approximate surface area is 94.2 Å². The topological polar surface area (TPSA) is 52.3 Å². The van der Waals surface area contributed by atoms with Crippen LogP contribution in [0, 0.1) is 5.82 Å². The number of esters is 1. The predicted molar refractivity (Wildman–Crippen MR) is 51.8 cm³/mol. The lowest BCUT2D eigenvalue weighted by Gasteiger charge is -2.13. The maximum atomic E-state index is 13.3. The number of alkyl halides is 3. The molecule has 94 valence electrons. The number of nitrogens with two attached hydrogens (primary N) is 1. The van der Waals surface area contributed by atoms with E-state index in [1.807, 2.05) is 0 Å². The number of rotatable bonds is 2. The smallest absolute Gasteiger partial charge is 0.420 e. The minimum absolute atomic E-state index is 0.109. The van der Waals surface area contributed by atoms with Gasteiger partial charge >= 0.3 is 12.1 Å².